The zero-order valence-electron chi connectivity index (χ0n) is 16.2. The lowest BCUT2D eigenvalue weighted by atomic mass is 9.88. The van der Waals surface area contributed by atoms with E-state index in [9.17, 15) is 9.59 Å². The lowest BCUT2D eigenvalue weighted by molar-refractivity contribution is -0.148. The van der Waals surface area contributed by atoms with Crippen molar-refractivity contribution in [1.29, 1.82) is 0 Å². The van der Waals surface area contributed by atoms with Gasteiger partial charge in [-0.1, -0.05) is 36.4 Å². The van der Waals surface area contributed by atoms with Gasteiger partial charge in [0, 0.05) is 6.42 Å². The van der Waals surface area contributed by atoms with E-state index >= 15 is 0 Å². The Morgan fingerprint density at radius 2 is 1.97 bits per heavy atom. The van der Waals surface area contributed by atoms with Crippen LogP contribution in [0.3, 0.4) is 0 Å². The normalized spacial score (nSPS) is 15.7. The number of aryl methyl sites for hydroxylation is 2. The van der Waals surface area contributed by atoms with Gasteiger partial charge in [-0.05, 0) is 55.4 Å². The number of hydrogen-bond acceptors (Lipinski definition) is 5. The molecule has 0 saturated carbocycles. The summed E-state index contributed by atoms with van der Waals surface area (Å²) in [5, 5.41) is 4.02. The third-order valence-corrected chi connectivity index (χ3v) is 6.27. The zero-order valence-corrected chi connectivity index (χ0v) is 17.0. The number of thiazole rings is 1. The quantitative estimate of drug-likeness (QED) is 0.590. The number of carbonyl (C=O) groups excluding carboxylic acids is 2. The van der Waals surface area contributed by atoms with Crippen molar-refractivity contribution in [2.24, 2.45) is 0 Å². The minimum atomic E-state index is -0.342. The number of carbonyl (C=O) groups is 2. The molecule has 0 aliphatic heterocycles. The Balaban J connectivity index is 1.19. The van der Waals surface area contributed by atoms with Crippen LogP contribution in [0.1, 0.15) is 47.9 Å². The second-order valence-electron chi connectivity index (χ2n) is 7.30. The van der Waals surface area contributed by atoms with Crippen molar-refractivity contribution in [2.75, 3.05) is 6.61 Å². The molecule has 1 aliphatic rings. The van der Waals surface area contributed by atoms with Crippen LogP contribution in [-0.2, 0) is 27.2 Å². The van der Waals surface area contributed by atoms with Crippen molar-refractivity contribution in [3.05, 3.63) is 64.7 Å². The third-order valence-electron chi connectivity index (χ3n) is 5.18. The van der Waals surface area contributed by atoms with E-state index in [0.717, 1.165) is 40.9 Å². The van der Waals surface area contributed by atoms with Gasteiger partial charge in [-0.15, -0.1) is 11.3 Å². The van der Waals surface area contributed by atoms with Gasteiger partial charge in [-0.3, -0.25) is 9.59 Å². The highest BCUT2D eigenvalue weighted by atomic mass is 32.1. The summed E-state index contributed by atoms with van der Waals surface area (Å²) in [6.45, 7) is -0.224. The topological polar surface area (TPSA) is 68.3 Å². The van der Waals surface area contributed by atoms with Gasteiger partial charge in [0.25, 0.3) is 5.91 Å². The molecule has 4 rings (SSSR count). The molecule has 29 heavy (non-hydrogen) atoms. The van der Waals surface area contributed by atoms with Crippen LogP contribution >= 0.6 is 11.3 Å². The highest BCUT2D eigenvalue weighted by Crippen LogP contribution is 2.29. The fourth-order valence-electron chi connectivity index (χ4n) is 3.77. The predicted octanol–water partition coefficient (Wildman–Crippen LogP) is 4.36. The van der Waals surface area contributed by atoms with Crippen LogP contribution in [-0.4, -0.2) is 23.5 Å². The van der Waals surface area contributed by atoms with E-state index in [-0.39, 0.29) is 30.9 Å². The Labute approximate surface area is 174 Å². The Kier molecular flexibility index (Phi) is 6.20. The number of fused-ring (bicyclic) bond motifs is 2. The van der Waals surface area contributed by atoms with Crippen molar-refractivity contribution < 1.29 is 14.3 Å². The maximum Gasteiger partial charge on any atom is 0.306 e. The smallest absolute Gasteiger partial charge is 0.306 e. The molecule has 1 aromatic heterocycles. The molecule has 0 bridgehead atoms. The number of nitrogens with one attached hydrogen (secondary N) is 1. The van der Waals surface area contributed by atoms with Gasteiger partial charge in [0.05, 0.1) is 21.3 Å². The highest BCUT2D eigenvalue weighted by Gasteiger charge is 2.21. The Morgan fingerprint density at radius 3 is 2.86 bits per heavy atom. The summed E-state index contributed by atoms with van der Waals surface area (Å²) in [7, 11) is 0. The summed E-state index contributed by atoms with van der Waals surface area (Å²) in [6, 6.07) is 16.2. The number of para-hydroxylation sites is 1. The molecule has 5 nitrogen and oxygen atoms in total. The van der Waals surface area contributed by atoms with Crippen LogP contribution in [0.5, 0.6) is 0 Å². The summed E-state index contributed by atoms with van der Waals surface area (Å²) in [4.78, 5) is 28.8. The van der Waals surface area contributed by atoms with Crippen molar-refractivity contribution in [2.45, 2.75) is 44.6 Å². The largest absolute Gasteiger partial charge is 0.456 e. The third kappa shape index (κ3) is 5.01. The van der Waals surface area contributed by atoms with Gasteiger partial charge in [-0.2, -0.15) is 0 Å². The molecule has 1 atom stereocenters. The van der Waals surface area contributed by atoms with E-state index in [0.29, 0.717) is 6.42 Å². The monoisotopic (exact) mass is 408 g/mol. The molecule has 1 aliphatic carbocycles. The average Bonchev–Trinajstić information content (AvgIpc) is 3.15. The first kappa shape index (κ1) is 19.6. The standard InChI is InChI=1S/C23H24N2O3S/c26-21(24-18-11-5-8-16-7-1-2-9-17(16)18)15-28-23(27)14-6-13-22-25-19-10-3-4-12-20(19)29-22/h1-4,7,9-10,12,18H,5-6,8,11,13-15H2,(H,24,26). The number of benzene rings is 2. The van der Waals surface area contributed by atoms with Gasteiger partial charge in [0.15, 0.2) is 6.61 Å². The number of amides is 1. The van der Waals surface area contributed by atoms with Crippen LogP contribution < -0.4 is 5.32 Å². The highest BCUT2D eigenvalue weighted by molar-refractivity contribution is 7.18. The molecule has 1 N–H and O–H groups in total. The van der Waals surface area contributed by atoms with Gasteiger partial charge in [0.2, 0.25) is 0 Å². The lowest BCUT2D eigenvalue weighted by Gasteiger charge is -2.26. The maximum atomic E-state index is 12.2. The van der Waals surface area contributed by atoms with Crippen molar-refractivity contribution >= 4 is 33.4 Å². The van der Waals surface area contributed by atoms with Crippen molar-refractivity contribution in [1.82, 2.24) is 10.3 Å². The molecule has 0 spiro atoms. The fraction of sp³-hybridized carbons (Fsp3) is 0.348. The van der Waals surface area contributed by atoms with E-state index in [1.165, 1.54) is 11.1 Å². The van der Waals surface area contributed by atoms with Gasteiger partial charge < -0.3 is 10.1 Å². The fourth-order valence-corrected chi connectivity index (χ4v) is 4.78. The Bertz CT molecular complexity index is 981. The van der Waals surface area contributed by atoms with E-state index in [2.05, 4.69) is 22.4 Å². The van der Waals surface area contributed by atoms with Crippen LogP contribution in [0.4, 0.5) is 0 Å². The summed E-state index contributed by atoms with van der Waals surface area (Å²) in [5.41, 5.74) is 3.46. The number of hydrogen-bond donors (Lipinski definition) is 1. The molecule has 0 radical (unpaired) electrons. The molecule has 1 unspecified atom stereocenters. The minimum Gasteiger partial charge on any atom is -0.456 e. The second-order valence-corrected chi connectivity index (χ2v) is 8.42. The summed E-state index contributed by atoms with van der Waals surface area (Å²) in [6.07, 6.45) is 4.70. The predicted molar refractivity (Wildman–Crippen MR) is 114 cm³/mol. The van der Waals surface area contributed by atoms with E-state index in [1.807, 2.05) is 36.4 Å². The van der Waals surface area contributed by atoms with Crippen LogP contribution in [0.2, 0.25) is 0 Å². The van der Waals surface area contributed by atoms with Gasteiger partial charge in [0.1, 0.15) is 0 Å². The minimum absolute atomic E-state index is 0.00480. The average molecular weight is 409 g/mol. The summed E-state index contributed by atoms with van der Waals surface area (Å²) >= 11 is 1.65. The van der Waals surface area contributed by atoms with E-state index < -0.39 is 0 Å². The van der Waals surface area contributed by atoms with Gasteiger partial charge >= 0.3 is 5.97 Å². The molecular weight excluding hydrogens is 384 g/mol. The molecule has 0 fully saturated rings. The first-order valence-corrected chi connectivity index (χ1v) is 10.9. The number of rotatable bonds is 7. The van der Waals surface area contributed by atoms with Crippen LogP contribution in [0, 0.1) is 0 Å². The molecule has 150 valence electrons. The molecule has 3 aromatic rings. The lowest BCUT2D eigenvalue weighted by Crippen LogP contribution is -2.34. The zero-order chi connectivity index (χ0) is 20.1. The summed E-state index contributed by atoms with van der Waals surface area (Å²) < 4.78 is 6.32. The van der Waals surface area contributed by atoms with Gasteiger partial charge in [-0.25, -0.2) is 4.98 Å². The number of ether oxygens (including phenoxy) is 1. The van der Waals surface area contributed by atoms with E-state index in [4.69, 9.17) is 4.74 Å². The molecule has 6 heteroatoms. The van der Waals surface area contributed by atoms with Crippen molar-refractivity contribution in [3.8, 4) is 0 Å². The van der Waals surface area contributed by atoms with E-state index in [1.54, 1.807) is 11.3 Å². The Morgan fingerprint density at radius 1 is 1.14 bits per heavy atom. The molecule has 2 aromatic carbocycles. The summed E-state index contributed by atoms with van der Waals surface area (Å²) in [5.74, 6) is -0.587. The molecule has 0 saturated heterocycles. The second kappa shape index (κ2) is 9.18. The first-order valence-electron chi connectivity index (χ1n) is 10.1. The molecule has 1 amide bonds. The molecular formula is C23H24N2O3S. The first-order chi connectivity index (χ1) is 14.2. The van der Waals surface area contributed by atoms with Crippen LogP contribution in [0.25, 0.3) is 10.2 Å². The Hall–Kier alpha value is -2.73. The number of aromatic nitrogens is 1. The number of nitrogens with zero attached hydrogens (tertiary/aromatic N) is 1. The molecule has 1 heterocycles. The number of esters is 1. The SMILES string of the molecule is O=C(COC(=O)CCCc1nc2ccccc2s1)NC1CCCc2ccccc21. The van der Waals surface area contributed by atoms with Crippen molar-refractivity contribution in [3.63, 3.8) is 0 Å². The van der Waals surface area contributed by atoms with Crippen LogP contribution in [0.15, 0.2) is 48.5 Å². The maximum absolute atomic E-state index is 12.2.